The molecule has 0 fully saturated rings. The van der Waals surface area contributed by atoms with E-state index in [1.807, 2.05) is 0 Å². The van der Waals surface area contributed by atoms with Gasteiger partial charge in [0.05, 0.1) is 11.0 Å². The summed E-state index contributed by atoms with van der Waals surface area (Å²) in [6.07, 6.45) is 0. The van der Waals surface area contributed by atoms with Crippen molar-refractivity contribution in [3.63, 3.8) is 0 Å². The quantitative estimate of drug-likeness (QED) is 0.163. The molecule has 0 spiro atoms. The minimum atomic E-state index is 0.623. The number of hydrogen-bond acceptors (Lipinski definition) is 4. The summed E-state index contributed by atoms with van der Waals surface area (Å²) in [4.78, 5) is 16.2. The molecule has 10 aromatic rings. The molecular weight excluding hydrogens is 764 g/mol. The second-order valence-corrected chi connectivity index (χ2v) is 18.4. The lowest BCUT2D eigenvalue weighted by Gasteiger charge is -2.27. The van der Waals surface area contributed by atoms with Gasteiger partial charge in [-0.25, -0.2) is 15.0 Å². The molecule has 0 unspecified atom stereocenters. The number of rotatable bonds is 5. The van der Waals surface area contributed by atoms with Crippen LogP contribution in [0, 0.1) is 0 Å². The maximum absolute atomic E-state index is 6.77. The lowest BCUT2D eigenvalue weighted by atomic mass is 9.56. The first-order chi connectivity index (χ1) is 30.6. The molecule has 0 bridgehead atoms. The van der Waals surface area contributed by atoms with Gasteiger partial charge in [0.1, 0.15) is 121 Å². The number of aromatic nitrogens is 4. The molecule has 0 atom stereocenters. The third-order valence-corrected chi connectivity index (χ3v) is 15.5. The molecule has 3 aromatic heterocycles. The molecule has 3 heterocycles. The Balaban J connectivity index is 1.18. The highest BCUT2D eigenvalue weighted by Crippen LogP contribution is 2.36. The molecule has 290 valence electrons. The monoisotopic (exact) mass is 808 g/mol. The molecule has 0 amide bonds. The van der Waals surface area contributed by atoms with Crippen molar-refractivity contribution in [2.45, 2.75) is 0 Å². The molecular formula is C45H42B14N4O. The molecule has 0 aliphatic heterocycles. The van der Waals surface area contributed by atoms with Crippen LogP contribution in [0.25, 0.3) is 94.7 Å². The van der Waals surface area contributed by atoms with Crippen LogP contribution in [0.4, 0.5) is 0 Å². The van der Waals surface area contributed by atoms with Gasteiger partial charge in [-0.1, -0.05) is 86.2 Å². The average Bonchev–Trinajstić information content (AvgIpc) is 3.84. The Morgan fingerprint density at radius 2 is 0.688 bits per heavy atom. The molecule has 0 aliphatic carbocycles. The van der Waals surface area contributed by atoms with Crippen LogP contribution in [-0.2, 0) is 0 Å². The Kier molecular flexibility index (Phi) is 10.1. The van der Waals surface area contributed by atoms with Gasteiger partial charge in [0.15, 0.2) is 17.5 Å². The fourth-order valence-corrected chi connectivity index (χ4v) is 10.7. The second-order valence-electron chi connectivity index (χ2n) is 18.4. The molecule has 0 N–H and O–H groups in total. The summed E-state index contributed by atoms with van der Waals surface area (Å²) in [5.41, 5.74) is 28.7. The minimum Gasteiger partial charge on any atom is -0.456 e. The van der Waals surface area contributed by atoms with E-state index in [4.69, 9.17) is 19.4 Å². The van der Waals surface area contributed by atoms with Crippen molar-refractivity contribution in [1.82, 2.24) is 19.5 Å². The van der Waals surface area contributed by atoms with Crippen LogP contribution < -0.4 is 76.5 Å². The predicted octanol–water partition coefficient (Wildman–Crippen LogP) is -12.8. The largest absolute Gasteiger partial charge is 0.456 e. The fraction of sp³-hybridized carbons (Fsp3) is 0. The first-order valence-electron chi connectivity index (χ1n) is 22.6. The molecule has 0 radical (unpaired) electrons. The van der Waals surface area contributed by atoms with E-state index < -0.39 is 0 Å². The van der Waals surface area contributed by atoms with E-state index in [1.165, 1.54) is 109 Å². The third kappa shape index (κ3) is 6.16. The zero-order valence-corrected chi connectivity index (χ0v) is 39.8. The van der Waals surface area contributed by atoms with E-state index >= 15 is 0 Å². The van der Waals surface area contributed by atoms with Crippen molar-refractivity contribution in [2.24, 2.45) is 0 Å². The van der Waals surface area contributed by atoms with Crippen molar-refractivity contribution in [2.75, 3.05) is 0 Å². The SMILES string of the molecule is Bc1c(B)c(B)c(-c2nc(-c3ccc4c(c3)oc3cc(-n5c6ccccc6c6ccccc65)ccc34)nc(-c3c(B)c(B)c(-c4c(B)c(B)c(B)c(B)c4B)c(B)c3B)n2)c(B)c1B. The van der Waals surface area contributed by atoms with E-state index in [9.17, 15) is 0 Å². The van der Waals surface area contributed by atoms with Gasteiger partial charge in [-0.15, -0.1) is 32.8 Å². The number of nitrogens with zero attached hydrogens (tertiary/aromatic N) is 4. The fourth-order valence-electron chi connectivity index (χ4n) is 10.7. The van der Waals surface area contributed by atoms with Crippen molar-refractivity contribution < 1.29 is 4.42 Å². The van der Waals surface area contributed by atoms with E-state index in [0.29, 0.717) is 17.5 Å². The Morgan fingerprint density at radius 3 is 1.17 bits per heavy atom. The molecule has 5 nitrogen and oxygen atoms in total. The van der Waals surface area contributed by atoms with Gasteiger partial charge in [-0.05, 0) is 47.5 Å². The Morgan fingerprint density at radius 1 is 0.328 bits per heavy atom. The number of furan rings is 1. The van der Waals surface area contributed by atoms with Crippen molar-refractivity contribution in [3.8, 4) is 51.0 Å². The Bertz CT molecular complexity index is 3560. The molecule has 19 heteroatoms. The van der Waals surface area contributed by atoms with Gasteiger partial charge < -0.3 is 8.98 Å². The highest BCUT2D eigenvalue weighted by Gasteiger charge is 2.25. The molecule has 10 rings (SSSR count). The summed E-state index contributed by atoms with van der Waals surface area (Å²) in [5.74, 6) is 2.00. The maximum Gasteiger partial charge on any atom is 0.164 e. The highest BCUT2D eigenvalue weighted by atomic mass is 16.3. The lowest BCUT2D eigenvalue weighted by Crippen LogP contribution is -2.57. The van der Waals surface area contributed by atoms with E-state index in [2.05, 4.69) is 199 Å². The number of hydrogen-bond donors (Lipinski definition) is 0. The zero-order valence-electron chi connectivity index (χ0n) is 39.8. The van der Waals surface area contributed by atoms with Crippen LogP contribution in [-0.4, -0.2) is 129 Å². The van der Waals surface area contributed by atoms with E-state index in [-0.39, 0.29) is 0 Å². The summed E-state index contributed by atoms with van der Waals surface area (Å²) < 4.78 is 9.11. The average molecular weight is 806 g/mol. The molecule has 0 saturated heterocycles. The summed E-state index contributed by atoms with van der Waals surface area (Å²) in [6, 6.07) is 30.2. The molecule has 7 aromatic carbocycles. The predicted molar refractivity (Wildman–Crippen MR) is 318 cm³/mol. The normalized spacial score (nSPS) is 11.7. The lowest BCUT2D eigenvalue weighted by molar-refractivity contribution is 0.668. The van der Waals surface area contributed by atoms with Crippen LogP contribution in [0.3, 0.4) is 0 Å². The van der Waals surface area contributed by atoms with Crippen LogP contribution in [0.1, 0.15) is 0 Å². The number of fused-ring (bicyclic) bond motifs is 6. The topological polar surface area (TPSA) is 56.7 Å². The van der Waals surface area contributed by atoms with E-state index in [1.54, 1.807) is 0 Å². The molecule has 0 aliphatic rings. The van der Waals surface area contributed by atoms with Crippen LogP contribution >= 0.6 is 0 Å². The van der Waals surface area contributed by atoms with Crippen LogP contribution in [0.15, 0.2) is 89.3 Å². The summed E-state index contributed by atoms with van der Waals surface area (Å²) in [6.45, 7) is 0. The van der Waals surface area contributed by atoms with Crippen molar-refractivity contribution in [1.29, 1.82) is 0 Å². The minimum absolute atomic E-state index is 0.623. The van der Waals surface area contributed by atoms with Crippen molar-refractivity contribution >= 4 is 230 Å². The van der Waals surface area contributed by atoms with Gasteiger partial charge in [-0.2, -0.15) is 0 Å². The Labute approximate surface area is 387 Å². The van der Waals surface area contributed by atoms with Gasteiger partial charge >= 0.3 is 0 Å². The third-order valence-electron chi connectivity index (χ3n) is 15.5. The zero-order chi connectivity index (χ0) is 45.2. The van der Waals surface area contributed by atoms with Crippen molar-refractivity contribution in [3.05, 3.63) is 84.9 Å². The van der Waals surface area contributed by atoms with Gasteiger partial charge in [-0.3, -0.25) is 0 Å². The Hall–Kier alpha value is -5.94. The summed E-state index contributed by atoms with van der Waals surface area (Å²) >= 11 is 0. The number of benzene rings is 7. The summed E-state index contributed by atoms with van der Waals surface area (Å²) in [7, 11) is 31.4. The second kappa shape index (κ2) is 15.4. The molecule has 64 heavy (non-hydrogen) atoms. The summed E-state index contributed by atoms with van der Waals surface area (Å²) in [5, 5.41) is 4.59. The maximum atomic E-state index is 6.77. The van der Waals surface area contributed by atoms with Crippen LogP contribution in [0.5, 0.6) is 0 Å². The standard InChI is InChI=1S/C45H42B14N4O/c46-29-25(26-31(48)37(54)41(58)38(55)32(26)49)30(47)34(51)27(33(29)50)44-60-43(61-45(62-44)28-35(52)39(56)42(59)40(57)36(28)53)15-9-11-19-20-12-10-16(14-24(20)64-23(19)13-15)63-21-7-3-1-5-17(21)18-6-2-4-8-22(18)63/h1-14H,46-59H2. The van der Waals surface area contributed by atoms with Gasteiger partial charge in [0.25, 0.3) is 0 Å². The van der Waals surface area contributed by atoms with Gasteiger partial charge in [0, 0.05) is 50.0 Å². The highest BCUT2D eigenvalue weighted by molar-refractivity contribution is 6.71. The molecule has 0 saturated carbocycles. The van der Waals surface area contributed by atoms with Crippen LogP contribution in [0.2, 0.25) is 0 Å². The first kappa shape index (κ1) is 42.0. The van der Waals surface area contributed by atoms with E-state index in [0.717, 1.165) is 44.3 Å². The smallest absolute Gasteiger partial charge is 0.164 e. The number of para-hydroxylation sites is 2. The first-order valence-corrected chi connectivity index (χ1v) is 22.6. The van der Waals surface area contributed by atoms with Gasteiger partial charge in [0.2, 0.25) is 0 Å².